The molecule has 5 nitrogen and oxygen atoms in total. The Bertz CT molecular complexity index is 841. The summed E-state index contributed by atoms with van der Waals surface area (Å²) in [6.45, 7) is 4.58. The molecule has 1 aliphatic rings. The highest BCUT2D eigenvalue weighted by atomic mass is 32.2. The van der Waals surface area contributed by atoms with Gasteiger partial charge in [-0.05, 0) is 38.2 Å². The van der Waals surface area contributed by atoms with E-state index in [1.807, 2.05) is 0 Å². The van der Waals surface area contributed by atoms with E-state index in [9.17, 15) is 9.59 Å². The number of aromatic nitrogens is 2. The number of thioether (sulfide) groups is 1. The number of hydrogen-bond donors (Lipinski definition) is 0. The van der Waals surface area contributed by atoms with Crippen LogP contribution in [0.15, 0.2) is 9.95 Å². The van der Waals surface area contributed by atoms with Crippen molar-refractivity contribution in [1.29, 1.82) is 0 Å². The number of rotatable bonds is 7. The van der Waals surface area contributed by atoms with Gasteiger partial charge in [0.25, 0.3) is 5.56 Å². The first-order chi connectivity index (χ1) is 12.1. The smallest absolute Gasteiger partial charge is 0.318 e. The van der Waals surface area contributed by atoms with Crippen LogP contribution in [0.4, 0.5) is 0 Å². The van der Waals surface area contributed by atoms with E-state index in [0.717, 1.165) is 48.7 Å². The molecule has 7 heteroatoms. The number of hydrogen-bond acceptors (Lipinski definition) is 6. The fourth-order valence-corrected chi connectivity index (χ4v) is 5.50. The first-order valence-corrected chi connectivity index (χ1v) is 10.6. The van der Waals surface area contributed by atoms with Gasteiger partial charge in [-0.3, -0.25) is 14.2 Å². The summed E-state index contributed by atoms with van der Waals surface area (Å²) in [5.74, 6) is -0.298. The van der Waals surface area contributed by atoms with Gasteiger partial charge in [0.2, 0.25) is 0 Å². The highest BCUT2D eigenvalue weighted by Crippen LogP contribution is 2.36. The number of fused-ring (bicyclic) bond motifs is 3. The van der Waals surface area contributed by atoms with Crippen molar-refractivity contribution in [3.8, 4) is 0 Å². The van der Waals surface area contributed by atoms with Crippen LogP contribution < -0.4 is 5.56 Å². The Morgan fingerprint density at radius 2 is 2.20 bits per heavy atom. The molecule has 0 radical (unpaired) electrons. The Morgan fingerprint density at radius 1 is 1.40 bits per heavy atom. The Morgan fingerprint density at radius 3 is 2.92 bits per heavy atom. The Kier molecular flexibility index (Phi) is 5.84. The second kappa shape index (κ2) is 7.91. The summed E-state index contributed by atoms with van der Waals surface area (Å²) in [6.07, 6.45) is 6.26. The van der Waals surface area contributed by atoms with E-state index in [-0.39, 0.29) is 11.5 Å². The minimum atomic E-state index is -0.390. The third-order valence-electron chi connectivity index (χ3n) is 4.59. The summed E-state index contributed by atoms with van der Waals surface area (Å²) in [7, 11) is 1.38. The molecule has 1 atom stereocenters. The summed E-state index contributed by atoms with van der Waals surface area (Å²) in [5.41, 5.74) is 1.26. The molecular weight excluding hydrogens is 356 g/mol. The van der Waals surface area contributed by atoms with Gasteiger partial charge in [-0.25, -0.2) is 4.98 Å². The molecule has 0 spiro atoms. The number of thiophene rings is 1. The second-order valence-corrected chi connectivity index (χ2v) is 8.77. The quantitative estimate of drug-likeness (QED) is 0.316. The van der Waals surface area contributed by atoms with Crippen LogP contribution >= 0.6 is 23.1 Å². The Labute approximate surface area is 155 Å². The predicted octanol–water partition coefficient (Wildman–Crippen LogP) is 3.79. The fourth-order valence-electron chi connectivity index (χ4n) is 3.24. The molecule has 2 heterocycles. The average molecular weight is 381 g/mol. The molecule has 0 aromatic carbocycles. The first kappa shape index (κ1) is 18.5. The van der Waals surface area contributed by atoms with Crippen LogP contribution in [0.2, 0.25) is 0 Å². The lowest BCUT2D eigenvalue weighted by Crippen LogP contribution is -2.25. The molecule has 1 unspecified atom stereocenters. The van der Waals surface area contributed by atoms with Crippen molar-refractivity contribution in [3.05, 3.63) is 20.8 Å². The molecule has 1 aliphatic carbocycles. The van der Waals surface area contributed by atoms with Crippen LogP contribution in [0, 0.1) is 0 Å². The zero-order chi connectivity index (χ0) is 18.0. The summed E-state index contributed by atoms with van der Waals surface area (Å²) in [4.78, 5) is 31.9. The summed E-state index contributed by atoms with van der Waals surface area (Å²) in [6, 6.07) is 0. The number of esters is 1. The molecular formula is C18H24N2O3S2. The van der Waals surface area contributed by atoms with Crippen molar-refractivity contribution in [2.75, 3.05) is 7.11 Å². The van der Waals surface area contributed by atoms with Crippen molar-refractivity contribution >= 4 is 39.3 Å². The third kappa shape index (κ3) is 3.62. The van der Waals surface area contributed by atoms with Crippen LogP contribution in [0.1, 0.15) is 50.0 Å². The van der Waals surface area contributed by atoms with Gasteiger partial charge < -0.3 is 4.74 Å². The monoisotopic (exact) mass is 380 g/mol. The number of unbranched alkanes of at least 4 members (excludes halogenated alkanes) is 2. The molecule has 0 aliphatic heterocycles. The van der Waals surface area contributed by atoms with E-state index in [1.54, 1.807) is 22.8 Å². The minimum Gasteiger partial charge on any atom is -0.468 e. The van der Waals surface area contributed by atoms with Crippen LogP contribution in [0.3, 0.4) is 0 Å². The molecule has 0 fully saturated rings. The number of carbonyl (C=O) groups is 1. The Balaban J connectivity index is 2.05. The third-order valence-corrected chi connectivity index (χ3v) is 6.84. The molecule has 0 N–H and O–H groups in total. The van der Waals surface area contributed by atoms with Crippen molar-refractivity contribution < 1.29 is 9.53 Å². The van der Waals surface area contributed by atoms with Gasteiger partial charge >= 0.3 is 5.97 Å². The van der Waals surface area contributed by atoms with Gasteiger partial charge in [0.1, 0.15) is 10.1 Å². The molecule has 136 valence electrons. The van der Waals surface area contributed by atoms with E-state index < -0.39 is 5.25 Å². The van der Waals surface area contributed by atoms with E-state index in [1.165, 1.54) is 29.3 Å². The zero-order valence-corrected chi connectivity index (χ0v) is 16.6. The maximum Gasteiger partial charge on any atom is 0.318 e. The van der Waals surface area contributed by atoms with E-state index in [2.05, 4.69) is 6.92 Å². The molecule has 0 saturated carbocycles. The van der Waals surface area contributed by atoms with Gasteiger partial charge in [-0.2, -0.15) is 0 Å². The summed E-state index contributed by atoms with van der Waals surface area (Å²) < 4.78 is 6.59. The van der Waals surface area contributed by atoms with Gasteiger partial charge in [-0.1, -0.05) is 31.5 Å². The molecule has 0 bridgehead atoms. The fraction of sp³-hybridized carbons (Fsp3) is 0.611. The van der Waals surface area contributed by atoms with Gasteiger partial charge in [0.15, 0.2) is 5.16 Å². The minimum absolute atomic E-state index is 0.0556. The maximum atomic E-state index is 13.2. The number of methoxy groups -OCH3 is 1. The lowest BCUT2D eigenvalue weighted by Gasteiger charge is -2.14. The topological polar surface area (TPSA) is 61.2 Å². The molecule has 25 heavy (non-hydrogen) atoms. The number of aryl methyl sites for hydroxylation is 2. The molecule has 0 saturated heterocycles. The SMILES string of the molecule is CCCCCn1c(SC(C)C(=O)OC)nc2sc3c(c2c1=O)CCC3. The van der Waals surface area contributed by atoms with Crippen molar-refractivity contribution in [1.82, 2.24) is 9.55 Å². The molecule has 2 aromatic heterocycles. The highest BCUT2D eigenvalue weighted by Gasteiger charge is 2.25. The van der Waals surface area contributed by atoms with Gasteiger partial charge in [-0.15, -0.1) is 11.3 Å². The average Bonchev–Trinajstić information content (AvgIpc) is 3.17. The van der Waals surface area contributed by atoms with Crippen molar-refractivity contribution in [3.63, 3.8) is 0 Å². The standard InChI is InChI=1S/C18H24N2O3S2/c1-4-5-6-10-20-16(21)14-12-8-7-9-13(12)25-15(14)19-18(20)24-11(2)17(22)23-3/h11H,4-10H2,1-3H3. The van der Waals surface area contributed by atoms with Crippen molar-refractivity contribution in [2.24, 2.45) is 0 Å². The van der Waals surface area contributed by atoms with E-state index >= 15 is 0 Å². The molecule has 2 aromatic rings. The van der Waals surface area contributed by atoms with Crippen LogP contribution in [-0.2, 0) is 28.9 Å². The number of nitrogens with zero attached hydrogens (tertiary/aromatic N) is 2. The van der Waals surface area contributed by atoms with Gasteiger partial charge in [0.05, 0.1) is 12.5 Å². The lowest BCUT2D eigenvalue weighted by atomic mass is 10.2. The zero-order valence-electron chi connectivity index (χ0n) is 15.0. The largest absolute Gasteiger partial charge is 0.468 e. The summed E-state index contributed by atoms with van der Waals surface area (Å²) >= 11 is 2.95. The lowest BCUT2D eigenvalue weighted by molar-refractivity contribution is -0.139. The maximum absolute atomic E-state index is 13.2. The second-order valence-electron chi connectivity index (χ2n) is 6.38. The van der Waals surface area contributed by atoms with Crippen molar-refractivity contribution in [2.45, 2.75) is 69.3 Å². The number of ether oxygens (including phenoxy) is 1. The van der Waals surface area contributed by atoms with Crippen LogP contribution in [0.5, 0.6) is 0 Å². The Hall–Kier alpha value is -1.34. The summed E-state index contributed by atoms with van der Waals surface area (Å²) in [5, 5.41) is 1.05. The van der Waals surface area contributed by atoms with Crippen LogP contribution in [0.25, 0.3) is 10.2 Å². The van der Waals surface area contributed by atoms with E-state index in [4.69, 9.17) is 9.72 Å². The number of carbonyl (C=O) groups excluding carboxylic acids is 1. The molecule has 0 amide bonds. The predicted molar refractivity (Wildman–Crippen MR) is 103 cm³/mol. The molecule has 3 rings (SSSR count). The highest BCUT2D eigenvalue weighted by molar-refractivity contribution is 8.00. The normalized spacial score (nSPS) is 14.7. The van der Waals surface area contributed by atoms with Crippen LogP contribution in [-0.4, -0.2) is 27.9 Å². The van der Waals surface area contributed by atoms with Gasteiger partial charge in [0, 0.05) is 11.4 Å². The van der Waals surface area contributed by atoms with E-state index in [0.29, 0.717) is 11.7 Å². The first-order valence-electron chi connectivity index (χ1n) is 8.86.